The lowest BCUT2D eigenvalue weighted by atomic mass is 10.2. The molecule has 6 nitrogen and oxygen atoms in total. The summed E-state index contributed by atoms with van der Waals surface area (Å²) in [5.41, 5.74) is 1.44. The molecule has 2 rings (SSSR count). The van der Waals surface area contributed by atoms with E-state index in [1.54, 1.807) is 25.4 Å². The van der Waals surface area contributed by atoms with Crippen LogP contribution in [-0.4, -0.2) is 27.1 Å². The minimum Gasteiger partial charge on any atom is -0.496 e. The normalized spacial score (nSPS) is 11.2. The van der Waals surface area contributed by atoms with Crippen molar-refractivity contribution in [2.24, 2.45) is 0 Å². The number of rotatable bonds is 7. The summed E-state index contributed by atoms with van der Waals surface area (Å²) < 4.78 is 32.5. The fourth-order valence-corrected chi connectivity index (χ4v) is 2.97. The van der Waals surface area contributed by atoms with Crippen molar-refractivity contribution in [2.75, 3.05) is 19.0 Å². The van der Waals surface area contributed by atoms with Crippen molar-refractivity contribution in [1.29, 1.82) is 0 Å². The van der Waals surface area contributed by atoms with Gasteiger partial charge in [0, 0.05) is 24.8 Å². The summed E-state index contributed by atoms with van der Waals surface area (Å²) in [5.74, 6) is 0.643. The zero-order chi connectivity index (χ0) is 16.0. The molecule has 118 valence electrons. The topological polar surface area (TPSA) is 80.3 Å². The van der Waals surface area contributed by atoms with Crippen LogP contribution in [0.3, 0.4) is 0 Å². The van der Waals surface area contributed by atoms with Crippen molar-refractivity contribution in [3.63, 3.8) is 0 Å². The van der Waals surface area contributed by atoms with Gasteiger partial charge in [-0.15, -0.1) is 0 Å². The predicted octanol–water partition coefficient (Wildman–Crippen LogP) is 2.00. The van der Waals surface area contributed by atoms with E-state index in [0.717, 1.165) is 5.56 Å². The summed E-state index contributed by atoms with van der Waals surface area (Å²) in [6, 6.07) is 8.83. The number of nitrogens with one attached hydrogen (secondary N) is 2. The second kappa shape index (κ2) is 7.24. The maximum absolute atomic E-state index is 12.3. The standard InChI is InChI=1S/C15H19N3O3S/c1-3-17-13-8-14(11-16-10-13)22(19,20)18-9-12-6-4-5-7-15(12)21-2/h4-8,10-11,17-18H,3,9H2,1-2H3. The van der Waals surface area contributed by atoms with E-state index in [1.165, 1.54) is 6.20 Å². The highest BCUT2D eigenvalue weighted by molar-refractivity contribution is 7.89. The van der Waals surface area contributed by atoms with E-state index in [9.17, 15) is 8.42 Å². The summed E-state index contributed by atoms with van der Waals surface area (Å²) >= 11 is 0. The highest BCUT2D eigenvalue weighted by Gasteiger charge is 2.15. The SMILES string of the molecule is CCNc1cncc(S(=O)(=O)NCc2ccccc2OC)c1. The fraction of sp³-hybridized carbons (Fsp3) is 0.267. The van der Waals surface area contributed by atoms with Crippen molar-refractivity contribution >= 4 is 15.7 Å². The Bertz CT molecular complexity index is 732. The molecule has 0 radical (unpaired) electrons. The molecule has 7 heteroatoms. The summed E-state index contributed by atoms with van der Waals surface area (Å²) in [6.45, 7) is 2.78. The Kier molecular flexibility index (Phi) is 5.35. The lowest BCUT2D eigenvalue weighted by molar-refractivity contribution is 0.409. The zero-order valence-electron chi connectivity index (χ0n) is 12.5. The van der Waals surface area contributed by atoms with Gasteiger partial charge in [-0.1, -0.05) is 18.2 Å². The third-order valence-electron chi connectivity index (χ3n) is 3.05. The average molecular weight is 321 g/mol. The average Bonchev–Trinajstić information content (AvgIpc) is 2.54. The minimum atomic E-state index is -3.63. The van der Waals surface area contributed by atoms with E-state index in [-0.39, 0.29) is 11.4 Å². The van der Waals surface area contributed by atoms with Crippen LogP contribution < -0.4 is 14.8 Å². The molecule has 2 aromatic rings. The van der Waals surface area contributed by atoms with Crippen LogP contribution in [0.4, 0.5) is 5.69 Å². The Morgan fingerprint density at radius 3 is 2.73 bits per heavy atom. The van der Waals surface area contributed by atoms with Gasteiger partial charge in [0.15, 0.2) is 0 Å². The summed E-state index contributed by atoms with van der Waals surface area (Å²) in [7, 11) is -2.08. The largest absolute Gasteiger partial charge is 0.496 e. The fourth-order valence-electron chi connectivity index (χ4n) is 1.97. The van der Waals surface area contributed by atoms with E-state index in [1.807, 2.05) is 25.1 Å². The van der Waals surface area contributed by atoms with Crippen LogP contribution in [0.1, 0.15) is 12.5 Å². The lowest BCUT2D eigenvalue weighted by Crippen LogP contribution is -2.23. The molecule has 0 amide bonds. The number of pyridine rings is 1. The Labute approximate surface area is 130 Å². The Balaban J connectivity index is 2.16. The smallest absolute Gasteiger partial charge is 0.242 e. The predicted molar refractivity (Wildman–Crippen MR) is 85.4 cm³/mol. The van der Waals surface area contributed by atoms with Crippen LogP contribution in [0.5, 0.6) is 5.75 Å². The number of para-hydroxylation sites is 1. The zero-order valence-corrected chi connectivity index (χ0v) is 13.4. The Morgan fingerprint density at radius 1 is 1.23 bits per heavy atom. The molecule has 0 aliphatic heterocycles. The molecule has 0 fully saturated rings. The molecule has 1 heterocycles. The second-order valence-corrected chi connectivity index (χ2v) is 6.34. The molecule has 1 aromatic carbocycles. The van der Waals surface area contributed by atoms with Gasteiger partial charge in [-0.05, 0) is 19.1 Å². The van der Waals surface area contributed by atoms with E-state index in [2.05, 4.69) is 15.0 Å². The van der Waals surface area contributed by atoms with Crippen molar-refractivity contribution < 1.29 is 13.2 Å². The van der Waals surface area contributed by atoms with Gasteiger partial charge in [-0.25, -0.2) is 13.1 Å². The van der Waals surface area contributed by atoms with Crippen LogP contribution in [0.2, 0.25) is 0 Å². The van der Waals surface area contributed by atoms with Gasteiger partial charge in [-0.3, -0.25) is 4.98 Å². The van der Waals surface area contributed by atoms with Crippen LogP contribution >= 0.6 is 0 Å². The van der Waals surface area contributed by atoms with E-state index in [4.69, 9.17) is 4.74 Å². The number of nitrogens with zero attached hydrogens (tertiary/aromatic N) is 1. The third kappa shape index (κ3) is 3.96. The van der Waals surface area contributed by atoms with Crippen molar-refractivity contribution in [3.05, 3.63) is 48.3 Å². The first kappa shape index (κ1) is 16.3. The molecule has 0 aliphatic carbocycles. The van der Waals surface area contributed by atoms with Gasteiger partial charge in [0.05, 0.1) is 19.0 Å². The molecular weight excluding hydrogens is 302 g/mol. The molecule has 0 bridgehead atoms. The Morgan fingerprint density at radius 2 is 2.00 bits per heavy atom. The maximum Gasteiger partial charge on any atom is 0.242 e. The summed E-state index contributed by atoms with van der Waals surface area (Å²) in [5, 5.41) is 3.04. The first-order valence-corrected chi connectivity index (χ1v) is 8.35. The molecule has 0 atom stereocenters. The number of methoxy groups -OCH3 is 1. The summed E-state index contributed by atoms with van der Waals surface area (Å²) in [4.78, 5) is 4.08. The number of anilines is 1. The number of hydrogen-bond acceptors (Lipinski definition) is 5. The number of benzene rings is 1. The molecular formula is C15H19N3O3S. The van der Waals surface area contributed by atoms with Crippen molar-refractivity contribution in [2.45, 2.75) is 18.4 Å². The van der Waals surface area contributed by atoms with Gasteiger partial charge in [0.2, 0.25) is 10.0 Å². The molecule has 1 aromatic heterocycles. The quantitative estimate of drug-likeness (QED) is 0.815. The first-order valence-electron chi connectivity index (χ1n) is 6.87. The van der Waals surface area contributed by atoms with Gasteiger partial charge in [-0.2, -0.15) is 0 Å². The molecule has 0 saturated carbocycles. The van der Waals surface area contributed by atoms with Crippen LogP contribution in [-0.2, 0) is 16.6 Å². The van der Waals surface area contributed by atoms with Crippen LogP contribution in [0.25, 0.3) is 0 Å². The maximum atomic E-state index is 12.3. The monoisotopic (exact) mass is 321 g/mol. The van der Waals surface area contributed by atoms with Gasteiger partial charge < -0.3 is 10.1 Å². The highest BCUT2D eigenvalue weighted by Crippen LogP contribution is 2.18. The minimum absolute atomic E-state index is 0.126. The lowest BCUT2D eigenvalue weighted by Gasteiger charge is -2.11. The first-order chi connectivity index (χ1) is 10.6. The summed E-state index contributed by atoms with van der Waals surface area (Å²) in [6.07, 6.45) is 2.91. The molecule has 0 spiro atoms. The molecule has 0 saturated heterocycles. The van der Waals surface area contributed by atoms with E-state index in [0.29, 0.717) is 18.0 Å². The highest BCUT2D eigenvalue weighted by atomic mass is 32.2. The molecule has 22 heavy (non-hydrogen) atoms. The van der Waals surface area contributed by atoms with Gasteiger partial charge >= 0.3 is 0 Å². The number of sulfonamides is 1. The van der Waals surface area contributed by atoms with Crippen molar-refractivity contribution in [1.82, 2.24) is 9.71 Å². The van der Waals surface area contributed by atoms with Crippen molar-refractivity contribution in [3.8, 4) is 5.75 Å². The van der Waals surface area contributed by atoms with Crippen LogP contribution in [0, 0.1) is 0 Å². The molecule has 2 N–H and O–H groups in total. The second-order valence-electron chi connectivity index (χ2n) is 4.58. The van der Waals surface area contributed by atoms with E-state index < -0.39 is 10.0 Å². The molecule has 0 unspecified atom stereocenters. The number of ether oxygens (including phenoxy) is 1. The number of aromatic nitrogens is 1. The van der Waals surface area contributed by atoms with Crippen LogP contribution in [0.15, 0.2) is 47.6 Å². The third-order valence-corrected chi connectivity index (χ3v) is 4.42. The van der Waals surface area contributed by atoms with Gasteiger partial charge in [0.25, 0.3) is 0 Å². The van der Waals surface area contributed by atoms with Gasteiger partial charge in [0.1, 0.15) is 10.6 Å². The Hall–Kier alpha value is -2.12. The number of hydrogen-bond donors (Lipinski definition) is 2. The molecule has 0 aliphatic rings. The van der Waals surface area contributed by atoms with E-state index >= 15 is 0 Å².